The zero-order chi connectivity index (χ0) is 15.2. The van der Waals surface area contributed by atoms with Crippen molar-refractivity contribution in [2.24, 2.45) is 5.92 Å². The molecule has 122 valence electrons. The lowest BCUT2D eigenvalue weighted by molar-refractivity contribution is 0.0835. The Morgan fingerprint density at radius 2 is 2.00 bits per heavy atom. The average molecular weight is 298 g/mol. The monoisotopic (exact) mass is 298 g/mol. The van der Waals surface area contributed by atoms with Gasteiger partial charge in [-0.3, -0.25) is 0 Å². The molecule has 2 aliphatic rings. The largest absolute Gasteiger partial charge is 0.391 e. The van der Waals surface area contributed by atoms with Crippen LogP contribution in [0.1, 0.15) is 19.8 Å². The average Bonchev–Trinajstić information content (AvgIpc) is 2.47. The number of rotatable bonds is 4. The Kier molecular flexibility index (Phi) is 6.26. The molecule has 2 rings (SSSR count). The van der Waals surface area contributed by atoms with Gasteiger partial charge in [0.05, 0.1) is 6.10 Å². The molecule has 0 radical (unpaired) electrons. The molecule has 2 saturated heterocycles. The second-order valence-electron chi connectivity index (χ2n) is 6.64. The number of urea groups is 1. The zero-order valence-corrected chi connectivity index (χ0v) is 13.4. The predicted molar refractivity (Wildman–Crippen MR) is 83.3 cm³/mol. The van der Waals surface area contributed by atoms with Crippen LogP contribution < -0.4 is 5.32 Å². The minimum absolute atomic E-state index is 0.0287. The highest BCUT2D eigenvalue weighted by Gasteiger charge is 2.22. The third-order valence-electron chi connectivity index (χ3n) is 4.45. The molecule has 6 heteroatoms. The summed E-state index contributed by atoms with van der Waals surface area (Å²) in [6, 6.07) is -0.0287. The van der Waals surface area contributed by atoms with Gasteiger partial charge in [0, 0.05) is 52.4 Å². The van der Waals surface area contributed by atoms with E-state index in [9.17, 15) is 9.90 Å². The molecule has 21 heavy (non-hydrogen) atoms. The summed E-state index contributed by atoms with van der Waals surface area (Å²) in [4.78, 5) is 18.6. The Labute approximate surface area is 128 Å². The number of nitrogens with zero attached hydrogens (tertiary/aromatic N) is 3. The molecule has 6 nitrogen and oxygen atoms in total. The number of aliphatic hydroxyl groups is 1. The number of carbonyl (C=O) groups excluding carboxylic acids is 1. The van der Waals surface area contributed by atoms with Crippen molar-refractivity contribution in [2.75, 3.05) is 59.4 Å². The standard InChI is InChI=1S/C15H30N4O2/c1-13(11-18-8-6-17(2)7-9-18)10-16-15(21)19-5-3-4-14(20)12-19/h13-14,20H,3-12H2,1-2H3,(H,16,21). The van der Waals surface area contributed by atoms with E-state index in [-0.39, 0.29) is 12.1 Å². The Morgan fingerprint density at radius 3 is 2.67 bits per heavy atom. The molecule has 2 unspecified atom stereocenters. The molecule has 0 aliphatic carbocycles. The highest BCUT2D eigenvalue weighted by atomic mass is 16.3. The zero-order valence-electron chi connectivity index (χ0n) is 13.4. The lowest BCUT2D eigenvalue weighted by Gasteiger charge is -2.34. The second kappa shape index (κ2) is 7.96. The van der Waals surface area contributed by atoms with Crippen molar-refractivity contribution in [3.05, 3.63) is 0 Å². The van der Waals surface area contributed by atoms with Crippen LogP contribution in [-0.2, 0) is 0 Å². The Hall–Kier alpha value is -0.850. The van der Waals surface area contributed by atoms with Crippen molar-refractivity contribution >= 4 is 6.03 Å². The highest BCUT2D eigenvalue weighted by molar-refractivity contribution is 5.74. The van der Waals surface area contributed by atoms with Gasteiger partial charge in [-0.2, -0.15) is 0 Å². The minimum Gasteiger partial charge on any atom is -0.391 e. The fourth-order valence-corrected chi connectivity index (χ4v) is 3.05. The normalized spacial score (nSPS) is 26.6. The van der Waals surface area contributed by atoms with Crippen LogP contribution in [0.3, 0.4) is 0 Å². The van der Waals surface area contributed by atoms with Crippen molar-refractivity contribution in [3.63, 3.8) is 0 Å². The number of β-amino-alcohol motifs (C(OH)–C–C–N with tert-alkyl or cyclic N) is 1. The third-order valence-corrected chi connectivity index (χ3v) is 4.45. The minimum atomic E-state index is -0.354. The SMILES string of the molecule is CC(CNC(=O)N1CCCC(O)C1)CN1CCN(C)CC1. The molecule has 2 fully saturated rings. The maximum Gasteiger partial charge on any atom is 0.317 e. The van der Waals surface area contributed by atoms with Crippen LogP contribution in [0, 0.1) is 5.92 Å². The molecule has 2 N–H and O–H groups in total. The van der Waals surface area contributed by atoms with Crippen LogP contribution in [0.25, 0.3) is 0 Å². The van der Waals surface area contributed by atoms with E-state index in [4.69, 9.17) is 0 Å². The van der Waals surface area contributed by atoms with E-state index in [2.05, 4.69) is 29.1 Å². The highest BCUT2D eigenvalue weighted by Crippen LogP contribution is 2.10. The molecule has 0 aromatic rings. The van der Waals surface area contributed by atoms with Gasteiger partial charge in [0.15, 0.2) is 0 Å². The van der Waals surface area contributed by atoms with E-state index < -0.39 is 0 Å². The van der Waals surface area contributed by atoms with Gasteiger partial charge in [-0.05, 0) is 25.8 Å². The number of hydrogen-bond donors (Lipinski definition) is 2. The molecule has 2 atom stereocenters. The van der Waals surface area contributed by atoms with Gasteiger partial charge in [0.2, 0.25) is 0 Å². The van der Waals surface area contributed by atoms with E-state index in [0.717, 1.165) is 52.1 Å². The van der Waals surface area contributed by atoms with Crippen molar-refractivity contribution < 1.29 is 9.90 Å². The smallest absolute Gasteiger partial charge is 0.317 e. The molecule has 0 spiro atoms. The first-order valence-electron chi connectivity index (χ1n) is 8.16. The number of likely N-dealkylation sites (tertiary alicyclic amines) is 1. The van der Waals surface area contributed by atoms with Crippen LogP contribution in [0.4, 0.5) is 4.79 Å². The summed E-state index contributed by atoms with van der Waals surface area (Å²) in [7, 11) is 2.16. The topological polar surface area (TPSA) is 59.1 Å². The summed E-state index contributed by atoms with van der Waals surface area (Å²) >= 11 is 0. The molecule has 2 aliphatic heterocycles. The van der Waals surface area contributed by atoms with Crippen molar-refractivity contribution in [3.8, 4) is 0 Å². The summed E-state index contributed by atoms with van der Waals surface area (Å²) in [6.45, 7) is 9.66. The van der Waals surface area contributed by atoms with Crippen LogP contribution in [-0.4, -0.2) is 91.3 Å². The molecule has 2 heterocycles. The van der Waals surface area contributed by atoms with E-state index in [1.807, 2.05) is 0 Å². The molecular weight excluding hydrogens is 268 g/mol. The molecule has 2 amide bonds. The maximum atomic E-state index is 12.1. The summed E-state index contributed by atoms with van der Waals surface area (Å²) < 4.78 is 0. The number of nitrogens with one attached hydrogen (secondary N) is 1. The summed E-state index contributed by atoms with van der Waals surface area (Å²) in [6.07, 6.45) is 1.35. The first-order valence-corrected chi connectivity index (χ1v) is 8.16. The molecular formula is C15H30N4O2. The maximum absolute atomic E-state index is 12.1. The first-order chi connectivity index (χ1) is 10.0. The second-order valence-corrected chi connectivity index (χ2v) is 6.64. The lowest BCUT2D eigenvalue weighted by Crippen LogP contribution is -2.49. The summed E-state index contributed by atoms with van der Waals surface area (Å²) in [5.41, 5.74) is 0. The molecule has 0 aromatic heterocycles. The van der Waals surface area contributed by atoms with Crippen molar-refractivity contribution in [2.45, 2.75) is 25.9 Å². The number of likely N-dealkylation sites (N-methyl/N-ethyl adjacent to an activating group) is 1. The van der Waals surface area contributed by atoms with Gasteiger partial charge >= 0.3 is 6.03 Å². The van der Waals surface area contributed by atoms with E-state index in [0.29, 0.717) is 19.0 Å². The first kappa shape index (κ1) is 16.5. The fourth-order valence-electron chi connectivity index (χ4n) is 3.05. The Balaban J connectivity index is 1.64. The number of piperidine rings is 1. The van der Waals surface area contributed by atoms with Crippen LogP contribution >= 0.6 is 0 Å². The molecule has 0 aromatic carbocycles. The van der Waals surface area contributed by atoms with Crippen LogP contribution in [0.2, 0.25) is 0 Å². The number of hydrogen-bond acceptors (Lipinski definition) is 4. The van der Waals surface area contributed by atoms with E-state index in [1.165, 1.54) is 0 Å². The van der Waals surface area contributed by atoms with Gasteiger partial charge in [0.1, 0.15) is 0 Å². The van der Waals surface area contributed by atoms with Crippen LogP contribution in [0.5, 0.6) is 0 Å². The van der Waals surface area contributed by atoms with Crippen molar-refractivity contribution in [1.82, 2.24) is 20.0 Å². The van der Waals surface area contributed by atoms with Gasteiger partial charge in [-0.25, -0.2) is 4.79 Å². The number of amides is 2. The molecule has 0 bridgehead atoms. The summed E-state index contributed by atoms with van der Waals surface area (Å²) in [5.74, 6) is 0.451. The number of aliphatic hydroxyl groups excluding tert-OH is 1. The van der Waals surface area contributed by atoms with Gasteiger partial charge in [-0.15, -0.1) is 0 Å². The predicted octanol–water partition coefficient (Wildman–Crippen LogP) is 0.0362. The van der Waals surface area contributed by atoms with Gasteiger partial charge in [-0.1, -0.05) is 6.92 Å². The van der Waals surface area contributed by atoms with Crippen LogP contribution in [0.15, 0.2) is 0 Å². The van der Waals surface area contributed by atoms with Gasteiger partial charge in [0.25, 0.3) is 0 Å². The summed E-state index contributed by atoms with van der Waals surface area (Å²) in [5, 5.41) is 12.6. The third kappa shape index (κ3) is 5.45. The number of carbonyl (C=O) groups is 1. The van der Waals surface area contributed by atoms with Gasteiger partial charge < -0.3 is 25.1 Å². The molecule has 0 saturated carbocycles. The van der Waals surface area contributed by atoms with E-state index in [1.54, 1.807) is 4.90 Å². The Bertz CT molecular complexity index is 332. The quantitative estimate of drug-likeness (QED) is 0.769. The number of piperazine rings is 1. The van der Waals surface area contributed by atoms with E-state index >= 15 is 0 Å². The lowest BCUT2D eigenvalue weighted by atomic mass is 10.1. The van der Waals surface area contributed by atoms with Crippen molar-refractivity contribution in [1.29, 1.82) is 0 Å². The fraction of sp³-hybridized carbons (Fsp3) is 0.933. The Morgan fingerprint density at radius 1 is 1.29 bits per heavy atom.